The molecule has 0 amide bonds. The highest BCUT2D eigenvalue weighted by atomic mass is 32.2. The molecule has 5 rings (SSSR count). The van der Waals surface area contributed by atoms with E-state index in [0.717, 1.165) is 61.7 Å². The lowest BCUT2D eigenvalue weighted by Crippen LogP contribution is -2.38. The van der Waals surface area contributed by atoms with Crippen LogP contribution in [0.2, 0.25) is 0 Å². The Morgan fingerprint density at radius 3 is 2.44 bits per heavy atom. The van der Waals surface area contributed by atoms with E-state index in [1.807, 2.05) is 31.2 Å². The molecule has 0 unspecified atom stereocenters. The predicted molar refractivity (Wildman–Crippen MR) is 131 cm³/mol. The van der Waals surface area contributed by atoms with Crippen LogP contribution >= 0.6 is 12.3 Å². The van der Waals surface area contributed by atoms with E-state index in [-0.39, 0.29) is 12.0 Å². The highest BCUT2D eigenvalue weighted by Crippen LogP contribution is 2.36. The van der Waals surface area contributed by atoms with Crippen molar-refractivity contribution in [2.24, 2.45) is 0 Å². The van der Waals surface area contributed by atoms with Crippen LogP contribution in [0.25, 0.3) is 0 Å². The summed E-state index contributed by atoms with van der Waals surface area (Å²) in [6.45, 7) is 6.08. The van der Waals surface area contributed by atoms with Crippen LogP contribution in [0.1, 0.15) is 35.4 Å². The summed E-state index contributed by atoms with van der Waals surface area (Å²) in [5, 5.41) is 0. The molecule has 2 aliphatic rings. The number of likely N-dealkylation sites (tertiary alicyclic amines) is 1. The van der Waals surface area contributed by atoms with Crippen LogP contribution < -0.4 is 9.47 Å². The fourth-order valence-corrected chi connectivity index (χ4v) is 4.83. The Bertz CT molecular complexity index is 1070. The van der Waals surface area contributed by atoms with E-state index in [2.05, 4.69) is 45.2 Å². The number of piperidine rings is 1. The van der Waals surface area contributed by atoms with E-state index >= 15 is 0 Å². The van der Waals surface area contributed by atoms with Crippen molar-refractivity contribution in [3.05, 3.63) is 77.6 Å². The molecule has 0 atom stereocenters. The van der Waals surface area contributed by atoms with Crippen LogP contribution in [0, 0.1) is 6.92 Å². The van der Waals surface area contributed by atoms with Crippen molar-refractivity contribution in [2.75, 3.05) is 26.3 Å². The Hall–Kier alpha value is -2.65. The van der Waals surface area contributed by atoms with Gasteiger partial charge in [0.1, 0.15) is 18.2 Å². The zero-order chi connectivity index (χ0) is 23.2. The predicted octanol–water partition coefficient (Wildman–Crippen LogP) is 5.31. The molecule has 2 aliphatic heterocycles. The van der Waals surface area contributed by atoms with E-state index in [9.17, 15) is 0 Å². The van der Waals surface area contributed by atoms with Gasteiger partial charge in [-0.2, -0.15) is 0 Å². The summed E-state index contributed by atoms with van der Waals surface area (Å²) in [4.78, 5) is 11.3. The van der Waals surface area contributed by atoms with Crippen molar-refractivity contribution < 1.29 is 17.8 Å². The maximum absolute atomic E-state index is 6.31. The largest absolute Gasteiger partial charge is 0.474 e. The standard InChI is InChI=1S/C26H29N3O4S/c1-19-25(32-22-11-13-29(14-12-22)15-20-7-3-2-4-8-20)27-18-28-26(19)33-24-10-6-5-9-23(24)21-16-30-34-31-17-21/h2-10,18,21-22H,11-17H2,1H3. The molecule has 0 N–H and O–H groups in total. The molecule has 7 nitrogen and oxygen atoms in total. The molecule has 0 radical (unpaired) electrons. The Balaban J connectivity index is 1.22. The first kappa shape index (κ1) is 23.1. The van der Waals surface area contributed by atoms with Gasteiger partial charge >= 0.3 is 0 Å². The van der Waals surface area contributed by atoms with Gasteiger partial charge < -0.3 is 9.47 Å². The maximum atomic E-state index is 6.31. The van der Waals surface area contributed by atoms with Gasteiger partial charge in [0, 0.05) is 31.1 Å². The van der Waals surface area contributed by atoms with Crippen LogP contribution in [0.4, 0.5) is 0 Å². The van der Waals surface area contributed by atoms with E-state index < -0.39 is 0 Å². The fraction of sp³-hybridized carbons (Fsp3) is 0.385. The number of benzene rings is 2. The second-order valence-corrected chi connectivity index (χ2v) is 9.27. The van der Waals surface area contributed by atoms with Gasteiger partial charge in [0.2, 0.25) is 11.8 Å². The van der Waals surface area contributed by atoms with Crippen LogP contribution in [-0.4, -0.2) is 47.3 Å². The quantitative estimate of drug-likeness (QED) is 0.422. The average molecular weight is 480 g/mol. The van der Waals surface area contributed by atoms with Crippen molar-refractivity contribution >= 4 is 12.3 Å². The summed E-state index contributed by atoms with van der Waals surface area (Å²) < 4.78 is 23.4. The van der Waals surface area contributed by atoms with Gasteiger partial charge in [-0.3, -0.25) is 13.3 Å². The monoisotopic (exact) mass is 479 g/mol. The van der Waals surface area contributed by atoms with Gasteiger partial charge in [-0.15, -0.1) is 0 Å². The van der Waals surface area contributed by atoms with Gasteiger partial charge in [0.05, 0.1) is 18.8 Å². The molecule has 0 bridgehead atoms. The number of aromatic nitrogens is 2. The van der Waals surface area contributed by atoms with Crippen molar-refractivity contribution in [1.29, 1.82) is 0 Å². The van der Waals surface area contributed by atoms with E-state index in [4.69, 9.17) is 17.8 Å². The van der Waals surface area contributed by atoms with Crippen LogP contribution in [0.15, 0.2) is 60.9 Å². The molecule has 2 saturated heterocycles. The lowest BCUT2D eigenvalue weighted by Gasteiger charge is -2.32. The SMILES string of the molecule is Cc1c(Oc2ccccc2C2COSOC2)ncnc1OC1CCN(Cc2ccccc2)CC1. The topological polar surface area (TPSA) is 65.9 Å². The first-order valence-electron chi connectivity index (χ1n) is 11.7. The molecular formula is C26H29N3O4S. The van der Waals surface area contributed by atoms with Crippen molar-refractivity contribution in [3.63, 3.8) is 0 Å². The highest BCUT2D eigenvalue weighted by Gasteiger charge is 2.24. The summed E-state index contributed by atoms with van der Waals surface area (Å²) in [6.07, 6.45) is 3.58. The number of rotatable bonds is 7. The molecule has 3 heterocycles. The summed E-state index contributed by atoms with van der Waals surface area (Å²) in [6, 6.07) is 18.5. The molecule has 0 spiro atoms. The Kier molecular flexibility index (Phi) is 7.60. The van der Waals surface area contributed by atoms with Crippen LogP contribution in [0.5, 0.6) is 17.5 Å². The third-order valence-electron chi connectivity index (χ3n) is 6.25. The average Bonchev–Trinajstić information content (AvgIpc) is 2.89. The zero-order valence-electron chi connectivity index (χ0n) is 19.3. The number of nitrogens with zero attached hydrogens (tertiary/aromatic N) is 3. The number of hydrogen-bond donors (Lipinski definition) is 0. The molecule has 2 fully saturated rings. The van der Waals surface area contributed by atoms with Crippen molar-refractivity contribution in [2.45, 2.75) is 38.3 Å². The van der Waals surface area contributed by atoms with Crippen molar-refractivity contribution in [3.8, 4) is 17.5 Å². The minimum atomic E-state index is 0.108. The second-order valence-electron chi connectivity index (χ2n) is 8.66. The molecule has 0 saturated carbocycles. The summed E-state index contributed by atoms with van der Waals surface area (Å²) >= 11 is 1.04. The fourth-order valence-electron chi connectivity index (χ4n) is 4.32. The normalized spacial score (nSPS) is 18.0. The highest BCUT2D eigenvalue weighted by molar-refractivity contribution is 7.89. The Morgan fingerprint density at radius 1 is 0.941 bits per heavy atom. The van der Waals surface area contributed by atoms with Gasteiger partial charge in [-0.1, -0.05) is 48.5 Å². The van der Waals surface area contributed by atoms with E-state index in [0.29, 0.717) is 25.0 Å². The molecule has 3 aromatic rings. The Morgan fingerprint density at radius 2 is 1.65 bits per heavy atom. The maximum Gasteiger partial charge on any atom is 0.229 e. The molecule has 34 heavy (non-hydrogen) atoms. The zero-order valence-corrected chi connectivity index (χ0v) is 20.1. The van der Waals surface area contributed by atoms with Crippen molar-refractivity contribution in [1.82, 2.24) is 14.9 Å². The van der Waals surface area contributed by atoms with Gasteiger partial charge in [0.25, 0.3) is 0 Å². The number of para-hydroxylation sites is 1. The van der Waals surface area contributed by atoms with E-state index in [1.54, 1.807) is 0 Å². The van der Waals surface area contributed by atoms with Crippen LogP contribution in [-0.2, 0) is 14.9 Å². The summed E-state index contributed by atoms with van der Waals surface area (Å²) in [5.74, 6) is 1.95. The molecule has 1 aromatic heterocycles. The molecule has 8 heteroatoms. The second kappa shape index (κ2) is 11.2. The minimum absolute atomic E-state index is 0.108. The summed E-state index contributed by atoms with van der Waals surface area (Å²) in [7, 11) is 0. The number of ether oxygens (including phenoxy) is 2. The summed E-state index contributed by atoms with van der Waals surface area (Å²) in [5.41, 5.74) is 3.19. The molecular weight excluding hydrogens is 450 g/mol. The lowest BCUT2D eigenvalue weighted by molar-refractivity contribution is 0.0922. The first-order valence-corrected chi connectivity index (χ1v) is 12.4. The molecule has 2 aromatic carbocycles. The molecule has 0 aliphatic carbocycles. The van der Waals surface area contributed by atoms with Gasteiger partial charge in [-0.05, 0) is 31.4 Å². The Labute approximate surface area is 204 Å². The van der Waals surface area contributed by atoms with Gasteiger partial charge in [-0.25, -0.2) is 9.97 Å². The van der Waals surface area contributed by atoms with E-state index in [1.165, 1.54) is 11.9 Å². The third-order valence-corrected chi connectivity index (χ3v) is 6.72. The lowest BCUT2D eigenvalue weighted by atomic mass is 10.00. The number of hydrogen-bond acceptors (Lipinski definition) is 8. The first-order chi connectivity index (χ1) is 16.8. The smallest absolute Gasteiger partial charge is 0.229 e. The van der Waals surface area contributed by atoms with Gasteiger partial charge in [0.15, 0.2) is 12.3 Å². The third kappa shape index (κ3) is 5.70. The van der Waals surface area contributed by atoms with Crippen LogP contribution in [0.3, 0.4) is 0 Å². The minimum Gasteiger partial charge on any atom is -0.474 e. The molecule has 178 valence electrons.